The summed E-state index contributed by atoms with van der Waals surface area (Å²) in [6, 6.07) is 0. The van der Waals surface area contributed by atoms with Crippen LogP contribution in [0.2, 0.25) is 0 Å². The van der Waals surface area contributed by atoms with Gasteiger partial charge in [-0.25, -0.2) is 0 Å². The van der Waals surface area contributed by atoms with Gasteiger partial charge in [-0.15, -0.1) is 0 Å². The molecule has 2 heteroatoms. The lowest BCUT2D eigenvalue weighted by atomic mass is 10.4. The number of amides is 1. The number of piperidine rings is 1. The van der Waals surface area contributed by atoms with Crippen LogP contribution in [0.1, 0.15) is 6.42 Å². The number of hydrogen-bond donors (Lipinski definition) is 1. The molecule has 1 amide bonds. The Kier molecular flexibility index (Phi) is 0.412. The van der Waals surface area contributed by atoms with Crippen molar-refractivity contribution in [1.29, 1.82) is 0 Å². The van der Waals surface area contributed by atoms with Crippen molar-refractivity contribution in [3.05, 3.63) is 0 Å². The molecule has 0 spiro atoms. The van der Waals surface area contributed by atoms with Gasteiger partial charge in [0.25, 0.3) is 0 Å². The van der Waals surface area contributed by atoms with Gasteiger partial charge in [-0.3, -0.25) is 4.79 Å². The van der Waals surface area contributed by atoms with Crippen molar-refractivity contribution in [2.45, 2.75) is 6.42 Å². The zero-order valence-corrected chi connectivity index (χ0v) is 3.98. The molecule has 2 rings (SSSR count). The number of nitrogens with one attached hydrogen (secondary N) is 1. The first-order valence-corrected chi connectivity index (χ1v) is 2.65. The SMILES string of the molecule is O=C1NCC2CC12. The Morgan fingerprint density at radius 2 is 2.57 bits per heavy atom. The molecule has 2 unspecified atom stereocenters. The third-order valence-electron chi connectivity index (χ3n) is 1.80. The lowest BCUT2D eigenvalue weighted by Gasteiger charge is -1.89. The smallest absolute Gasteiger partial charge is 0.223 e. The quantitative estimate of drug-likeness (QED) is 0.444. The summed E-state index contributed by atoms with van der Waals surface area (Å²) in [6.45, 7) is 0.948. The number of rotatable bonds is 0. The van der Waals surface area contributed by atoms with Gasteiger partial charge in [-0.1, -0.05) is 0 Å². The highest BCUT2D eigenvalue weighted by atomic mass is 16.2. The summed E-state index contributed by atoms with van der Waals surface area (Å²) in [5.41, 5.74) is 0. The predicted octanol–water partition coefficient (Wildman–Crippen LogP) is -0.248. The van der Waals surface area contributed by atoms with E-state index in [9.17, 15) is 4.79 Å². The molecule has 1 N–H and O–H groups in total. The van der Waals surface area contributed by atoms with E-state index in [4.69, 9.17) is 0 Å². The third kappa shape index (κ3) is 0.315. The second kappa shape index (κ2) is 0.831. The molecule has 2 fully saturated rings. The van der Waals surface area contributed by atoms with Crippen molar-refractivity contribution in [2.24, 2.45) is 11.8 Å². The number of carbonyl (C=O) groups is 1. The lowest BCUT2D eigenvalue weighted by molar-refractivity contribution is -0.120. The van der Waals surface area contributed by atoms with Gasteiger partial charge in [-0.2, -0.15) is 0 Å². The van der Waals surface area contributed by atoms with Gasteiger partial charge in [0.1, 0.15) is 0 Å². The Morgan fingerprint density at radius 1 is 1.71 bits per heavy atom. The Hall–Kier alpha value is -0.530. The maximum atomic E-state index is 10.5. The van der Waals surface area contributed by atoms with E-state index in [0.717, 1.165) is 18.9 Å². The molecular weight excluding hydrogens is 90.1 g/mol. The topological polar surface area (TPSA) is 29.1 Å². The third-order valence-corrected chi connectivity index (χ3v) is 1.80. The highest BCUT2D eigenvalue weighted by molar-refractivity contribution is 5.84. The average molecular weight is 97.1 g/mol. The highest BCUT2D eigenvalue weighted by Gasteiger charge is 2.47. The van der Waals surface area contributed by atoms with Crippen LogP contribution in [-0.4, -0.2) is 12.5 Å². The van der Waals surface area contributed by atoms with Crippen LogP contribution in [0.4, 0.5) is 0 Å². The summed E-state index contributed by atoms with van der Waals surface area (Å²) in [5.74, 6) is 1.44. The molecule has 1 aliphatic heterocycles. The zero-order chi connectivity index (χ0) is 4.85. The van der Waals surface area contributed by atoms with Crippen LogP contribution in [0.25, 0.3) is 0 Å². The molecule has 0 bridgehead atoms. The van der Waals surface area contributed by atoms with Gasteiger partial charge in [0.05, 0.1) is 0 Å². The molecule has 1 aliphatic carbocycles. The lowest BCUT2D eigenvalue weighted by Crippen LogP contribution is -2.18. The minimum atomic E-state index is 0.282. The minimum absolute atomic E-state index is 0.282. The monoisotopic (exact) mass is 97.1 g/mol. The van der Waals surface area contributed by atoms with E-state index in [1.807, 2.05) is 0 Å². The number of hydrogen-bond acceptors (Lipinski definition) is 1. The molecule has 1 saturated heterocycles. The van der Waals surface area contributed by atoms with Crippen LogP contribution >= 0.6 is 0 Å². The fraction of sp³-hybridized carbons (Fsp3) is 0.800. The van der Waals surface area contributed by atoms with E-state index >= 15 is 0 Å². The maximum absolute atomic E-state index is 10.5. The summed E-state index contributed by atoms with van der Waals surface area (Å²) >= 11 is 0. The zero-order valence-electron chi connectivity index (χ0n) is 3.98. The summed E-state index contributed by atoms with van der Waals surface area (Å²) < 4.78 is 0. The summed E-state index contributed by atoms with van der Waals surface area (Å²) in [4.78, 5) is 10.5. The average Bonchev–Trinajstić information content (AvgIpc) is 2.33. The Balaban J connectivity index is 2.21. The maximum Gasteiger partial charge on any atom is 0.223 e. The van der Waals surface area contributed by atoms with E-state index < -0.39 is 0 Å². The summed E-state index contributed by atoms with van der Waals surface area (Å²) in [7, 11) is 0. The first-order chi connectivity index (χ1) is 3.38. The number of fused-ring (bicyclic) bond motifs is 1. The van der Waals surface area contributed by atoms with Gasteiger partial charge < -0.3 is 5.32 Å². The molecular formula is C5H7NO. The van der Waals surface area contributed by atoms with Crippen molar-refractivity contribution >= 4 is 5.91 Å². The van der Waals surface area contributed by atoms with Gasteiger partial charge >= 0.3 is 0 Å². The minimum Gasteiger partial charge on any atom is -0.356 e. The molecule has 2 atom stereocenters. The van der Waals surface area contributed by atoms with Crippen molar-refractivity contribution in [3.8, 4) is 0 Å². The van der Waals surface area contributed by atoms with Crippen molar-refractivity contribution in [1.82, 2.24) is 5.32 Å². The van der Waals surface area contributed by atoms with E-state index in [1.54, 1.807) is 0 Å². The number of carbonyl (C=O) groups excluding carboxylic acids is 1. The second-order valence-electron chi connectivity index (χ2n) is 2.35. The molecule has 2 nitrogen and oxygen atoms in total. The predicted molar refractivity (Wildman–Crippen MR) is 24.6 cm³/mol. The molecule has 0 aromatic carbocycles. The Labute approximate surface area is 41.9 Å². The van der Waals surface area contributed by atoms with Crippen LogP contribution in [0.5, 0.6) is 0 Å². The molecule has 2 aliphatic rings. The van der Waals surface area contributed by atoms with Crippen molar-refractivity contribution in [2.75, 3.05) is 6.54 Å². The Bertz CT molecular complexity index is 121. The normalized spacial score (nSPS) is 45.4. The van der Waals surface area contributed by atoms with Gasteiger partial charge in [0.15, 0.2) is 0 Å². The van der Waals surface area contributed by atoms with Gasteiger partial charge in [-0.05, 0) is 12.3 Å². The fourth-order valence-electron chi connectivity index (χ4n) is 1.16. The first-order valence-electron chi connectivity index (χ1n) is 2.65. The van der Waals surface area contributed by atoms with Crippen LogP contribution in [-0.2, 0) is 4.79 Å². The van der Waals surface area contributed by atoms with E-state index in [2.05, 4.69) is 5.32 Å². The van der Waals surface area contributed by atoms with Gasteiger partial charge in [0.2, 0.25) is 5.91 Å². The van der Waals surface area contributed by atoms with E-state index in [1.165, 1.54) is 0 Å². The Morgan fingerprint density at radius 3 is 2.71 bits per heavy atom. The second-order valence-corrected chi connectivity index (χ2v) is 2.35. The summed E-state index contributed by atoms with van der Waals surface area (Å²) in [6.07, 6.45) is 1.16. The van der Waals surface area contributed by atoms with Crippen LogP contribution in [0.15, 0.2) is 0 Å². The highest BCUT2D eigenvalue weighted by Crippen LogP contribution is 2.41. The van der Waals surface area contributed by atoms with Crippen LogP contribution < -0.4 is 5.32 Å². The molecule has 0 aromatic rings. The van der Waals surface area contributed by atoms with Gasteiger partial charge in [0, 0.05) is 12.5 Å². The van der Waals surface area contributed by atoms with E-state index in [0.29, 0.717) is 5.92 Å². The van der Waals surface area contributed by atoms with Crippen molar-refractivity contribution < 1.29 is 4.79 Å². The molecule has 0 radical (unpaired) electrons. The van der Waals surface area contributed by atoms with Crippen molar-refractivity contribution in [3.63, 3.8) is 0 Å². The summed E-state index contributed by atoms with van der Waals surface area (Å²) in [5, 5.41) is 2.78. The fourth-order valence-corrected chi connectivity index (χ4v) is 1.16. The first kappa shape index (κ1) is 3.47. The molecule has 0 aromatic heterocycles. The molecule has 1 saturated carbocycles. The molecule has 1 heterocycles. The van der Waals surface area contributed by atoms with E-state index in [-0.39, 0.29) is 5.91 Å². The standard InChI is InChI=1S/C5H7NO/c7-5-4-1-3(4)2-6-5/h3-4H,1-2H2,(H,6,7). The van der Waals surface area contributed by atoms with Crippen LogP contribution in [0.3, 0.4) is 0 Å². The molecule has 38 valence electrons. The largest absolute Gasteiger partial charge is 0.356 e. The van der Waals surface area contributed by atoms with Crippen LogP contribution in [0, 0.1) is 11.8 Å². The molecule has 7 heavy (non-hydrogen) atoms.